The lowest BCUT2D eigenvalue weighted by molar-refractivity contribution is -0.128. The molecule has 0 spiro atoms. The topological polar surface area (TPSA) is 75.4 Å². The summed E-state index contributed by atoms with van der Waals surface area (Å²) in [6, 6.07) is 7.85. The summed E-state index contributed by atoms with van der Waals surface area (Å²) in [4.78, 5) is 25.2. The smallest absolute Gasteiger partial charge is 0.246 e. The first-order valence-electron chi connectivity index (χ1n) is 6.97. The molecule has 1 aromatic rings. The summed E-state index contributed by atoms with van der Waals surface area (Å²) in [5.74, 6) is -0.192. The highest BCUT2D eigenvalue weighted by Gasteiger charge is 2.49. The molecule has 5 heteroatoms. The SMILES string of the molecule is CC(N)C1(c2ccccc2N2CC(=O)NCC2=O)CC1. The molecule has 3 rings (SSSR count). The standard InChI is InChI=1S/C15H19N3O2/c1-10(16)15(6-7-15)11-4-2-3-5-12(11)18-9-13(19)17-8-14(18)20/h2-5,10H,6-9,16H2,1H3,(H,17,19). The van der Waals surface area contributed by atoms with Crippen LogP contribution in [0, 0.1) is 0 Å². The van der Waals surface area contributed by atoms with Gasteiger partial charge in [-0.2, -0.15) is 0 Å². The molecule has 2 aliphatic rings. The molecule has 1 aliphatic heterocycles. The van der Waals surface area contributed by atoms with Crippen LogP contribution < -0.4 is 16.0 Å². The van der Waals surface area contributed by atoms with E-state index in [0.29, 0.717) is 0 Å². The van der Waals surface area contributed by atoms with E-state index >= 15 is 0 Å². The minimum absolute atomic E-state index is 0.0369. The van der Waals surface area contributed by atoms with E-state index in [0.717, 1.165) is 24.1 Å². The summed E-state index contributed by atoms with van der Waals surface area (Å²) in [5.41, 5.74) is 8.04. The molecule has 2 amide bonds. The van der Waals surface area contributed by atoms with Gasteiger partial charge in [-0.25, -0.2) is 0 Å². The molecular weight excluding hydrogens is 254 g/mol. The Hall–Kier alpha value is -1.88. The highest BCUT2D eigenvalue weighted by Crippen LogP contribution is 2.53. The second kappa shape index (κ2) is 4.59. The summed E-state index contributed by atoms with van der Waals surface area (Å²) in [7, 11) is 0. The summed E-state index contributed by atoms with van der Waals surface area (Å²) < 4.78 is 0. The Kier molecular flexibility index (Phi) is 3.01. The highest BCUT2D eigenvalue weighted by molar-refractivity contribution is 6.05. The minimum Gasteiger partial charge on any atom is -0.345 e. The Morgan fingerprint density at radius 2 is 2.00 bits per heavy atom. The quantitative estimate of drug-likeness (QED) is 0.843. The van der Waals surface area contributed by atoms with E-state index < -0.39 is 0 Å². The number of rotatable bonds is 3. The van der Waals surface area contributed by atoms with Crippen molar-refractivity contribution >= 4 is 17.5 Å². The molecule has 106 valence electrons. The first-order chi connectivity index (χ1) is 9.54. The zero-order valence-electron chi connectivity index (χ0n) is 11.6. The summed E-state index contributed by atoms with van der Waals surface area (Å²) >= 11 is 0. The molecule has 1 saturated heterocycles. The highest BCUT2D eigenvalue weighted by atomic mass is 16.2. The fourth-order valence-electron chi connectivity index (χ4n) is 3.01. The Bertz CT molecular complexity index is 564. The van der Waals surface area contributed by atoms with E-state index in [4.69, 9.17) is 5.73 Å². The van der Waals surface area contributed by atoms with Crippen LogP contribution in [0.2, 0.25) is 0 Å². The number of anilines is 1. The van der Waals surface area contributed by atoms with Crippen molar-refractivity contribution in [2.45, 2.75) is 31.2 Å². The normalized spacial score (nSPS) is 22.4. The Labute approximate surface area is 118 Å². The number of nitrogens with zero attached hydrogens (tertiary/aromatic N) is 1. The lowest BCUT2D eigenvalue weighted by Gasteiger charge is -2.31. The van der Waals surface area contributed by atoms with Crippen LogP contribution in [0.15, 0.2) is 24.3 Å². The van der Waals surface area contributed by atoms with E-state index in [2.05, 4.69) is 5.32 Å². The van der Waals surface area contributed by atoms with Crippen LogP contribution in [0.25, 0.3) is 0 Å². The minimum atomic E-state index is -0.120. The van der Waals surface area contributed by atoms with Crippen molar-refractivity contribution < 1.29 is 9.59 Å². The van der Waals surface area contributed by atoms with E-state index in [1.807, 2.05) is 31.2 Å². The summed E-state index contributed by atoms with van der Waals surface area (Å²) in [6.45, 7) is 2.16. The van der Waals surface area contributed by atoms with Crippen molar-refractivity contribution in [1.29, 1.82) is 0 Å². The number of carbonyl (C=O) groups is 2. The van der Waals surface area contributed by atoms with Crippen LogP contribution in [0.4, 0.5) is 5.69 Å². The largest absolute Gasteiger partial charge is 0.345 e. The predicted molar refractivity (Wildman–Crippen MR) is 76.4 cm³/mol. The van der Waals surface area contributed by atoms with Crippen LogP contribution in [-0.4, -0.2) is 30.9 Å². The maximum atomic E-state index is 12.1. The molecule has 5 nitrogen and oxygen atoms in total. The Morgan fingerprint density at radius 3 is 2.65 bits per heavy atom. The van der Waals surface area contributed by atoms with E-state index in [-0.39, 0.29) is 36.4 Å². The van der Waals surface area contributed by atoms with Crippen LogP contribution in [-0.2, 0) is 15.0 Å². The predicted octanol–water partition coefficient (Wildman–Crippen LogP) is 0.528. The molecule has 1 unspecified atom stereocenters. The first-order valence-corrected chi connectivity index (χ1v) is 6.97. The Balaban J connectivity index is 2.02. The molecule has 0 radical (unpaired) electrons. The number of nitrogens with one attached hydrogen (secondary N) is 1. The van der Waals surface area contributed by atoms with Gasteiger partial charge < -0.3 is 16.0 Å². The third kappa shape index (κ3) is 1.98. The first kappa shape index (κ1) is 13.1. The maximum Gasteiger partial charge on any atom is 0.246 e. The molecule has 0 aromatic heterocycles. The molecule has 20 heavy (non-hydrogen) atoms. The molecular formula is C15H19N3O2. The van der Waals surface area contributed by atoms with Crippen molar-refractivity contribution in [3.63, 3.8) is 0 Å². The molecule has 1 aliphatic carbocycles. The number of hydrogen-bond donors (Lipinski definition) is 2. The number of amides is 2. The van der Waals surface area contributed by atoms with Gasteiger partial charge in [0, 0.05) is 17.1 Å². The average Bonchev–Trinajstić information content (AvgIpc) is 3.23. The number of nitrogens with two attached hydrogens (primary N) is 1. The van der Waals surface area contributed by atoms with Crippen LogP contribution in [0.1, 0.15) is 25.3 Å². The average molecular weight is 273 g/mol. The fourth-order valence-corrected chi connectivity index (χ4v) is 3.01. The van der Waals surface area contributed by atoms with E-state index in [9.17, 15) is 9.59 Å². The van der Waals surface area contributed by atoms with Gasteiger partial charge >= 0.3 is 0 Å². The fraction of sp³-hybridized carbons (Fsp3) is 0.467. The third-order valence-corrected chi connectivity index (χ3v) is 4.43. The number of benzene rings is 1. The van der Waals surface area contributed by atoms with Crippen molar-refractivity contribution in [3.05, 3.63) is 29.8 Å². The zero-order valence-corrected chi connectivity index (χ0v) is 11.6. The lowest BCUT2D eigenvalue weighted by atomic mass is 9.87. The lowest BCUT2D eigenvalue weighted by Crippen LogP contribution is -2.52. The van der Waals surface area contributed by atoms with Gasteiger partial charge in [0.25, 0.3) is 0 Å². The number of para-hydroxylation sites is 1. The van der Waals surface area contributed by atoms with Crippen LogP contribution in [0.3, 0.4) is 0 Å². The second-order valence-electron chi connectivity index (χ2n) is 5.72. The molecule has 1 atom stereocenters. The van der Waals surface area contributed by atoms with E-state index in [1.54, 1.807) is 4.90 Å². The van der Waals surface area contributed by atoms with Crippen molar-refractivity contribution in [2.24, 2.45) is 5.73 Å². The van der Waals surface area contributed by atoms with Crippen molar-refractivity contribution in [1.82, 2.24) is 5.32 Å². The zero-order chi connectivity index (χ0) is 14.3. The number of hydrogen-bond acceptors (Lipinski definition) is 3. The van der Waals surface area contributed by atoms with Crippen molar-refractivity contribution in [2.75, 3.05) is 18.0 Å². The van der Waals surface area contributed by atoms with Gasteiger partial charge in [-0.1, -0.05) is 18.2 Å². The monoisotopic (exact) mass is 273 g/mol. The van der Waals surface area contributed by atoms with Gasteiger partial charge in [-0.3, -0.25) is 9.59 Å². The Morgan fingerprint density at radius 1 is 1.30 bits per heavy atom. The van der Waals surface area contributed by atoms with Gasteiger partial charge in [-0.05, 0) is 31.4 Å². The summed E-state index contributed by atoms with van der Waals surface area (Å²) in [5, 5.41) is 2.57. The van der Waals surface area contributed by atoms with Gasteiger partial charge in [0.05, 0.1) is 6.54 Å². The van der Waals surface area contributed by atoms with E-state index in [1.165, 1.54) is 0 Å². The number of carbonyl (C=O) groups excluding carboxylic acids is 2. The van der Waals surface area contributed by atoms with Gasteiger partial charge in [0.2, 0.25) is 11.8 Å². The molecule has 0 bridgehead atoms. The second-order valence-corrected chi connectivity index (χ2v) is 5.72. The van der Waals surface area contributed by atoms with Gasteiger partial charge in [-0.15, -0.1) is 0 Å². The van der Waals surface area contributed by atoms with Crippen LogP contribution in [0.5, 0.6) is 0 Å². The summed E-state index contributed by atoms with van der Waals surface area (Å²) in [6.07, 6.45) is 2.08. The van der Waals surface area contributed by atoms with Gasteiger partial charge in [0.1, 0.15) is 6.54 Å². The molecule has 1 heterocycles. The number of piperazine rings is 1. The van der Waals surface area contributed by atoms with Crippen LogP contribution >= 0.6 is 0 Å². The van der Waals surface area contributed by atoms with Crippen molar-refractivity contribution in [3.8, 4) is 0 Å². The molecule has 3 N–H and O–H groups in total. The molecule has 1 saturated carbocycles. The molecule has 2 fully saturated rings. The molecule has 1 aromatic carbocycles. The van der Waals surface area contributed by atoms with Gasteiger partial charge in [0.15, 0.2) is 0 Å². The maximum absolute atomic E-state index is 12.1. The third-order valence-electron chi connectivity index (χ3n) is 4.43.